The third kappa shape index (κ3) is 2.53. The molecule has 15 heavy (non-hydrogen) atoms. The van der Waals surface area contributed by atoms with Crippen molar-refractivity contribution in [2.45, 2.75) is 31.8 Å². The van der Waals surface area contributed by atoms with E-state index in [0.717, 1.165) is 0 Å². The fourth-order valence-corrected chi connectivity index (χ4v) is 1.43. The molecule has 2 unspecified atom stereocenters. The first-order valence-electron chi connectivity index (χ1n) is 4.76. The van der Waals surface area contributed by atoms with Gasteiger partial charge in [-0.15, -0.1) is 0 Å². The van der Waals surface area contributed by atoms with E-state index >= 15 is 0 Å². The Hall–Kier alpha value is -1.43. The predicted molar refractivity (Wildman–Crippen MR) is 54.5 cm³/mol. The summed E-state index contributed by atoms with van der Waals surface area (Å²) in [7, 11) is 1.64. The number of carboxylic acid groups (broad SMARTS) is 1. The molecule has 0 saturated carbocycles. The smallest absolute Gasteiger partial charge is 0.323 e. The van der Waals surface area contributed by atoms with Gasteiger partial charge >= 0.3 is 5.97 Å². The summed E-state index contributed by atoms with van der Waals surface area (Å²) in [5.41, 5.74) is -0.939. The van der Waals surface area contributed by atoms with Crippen LogP contribution >= 0.6 is 0 Å². The van der Waals surface area contributed by atoms with E-state index in [1.165, 1.54) is 6.33 Å². The van der Waals surface area contributed by atoms with Gasteiger partial charge in [0.15, 0.2) is 0 Å². The Kier molecular flexibility index (Phi) is 3.41. The minimum atomic E-state index is -0.939. The zero-order chi connectivity index (χ0) is 11.5. The first kappa shape index (κ1) is 11.6. The Morgan fingerprint density at radius 2 is 2.40 bits per heavy atom. The van der Waals surface area contributed by atoms with Crippen molar-refractivity contribution in [3.8, 4) is 0 Å². The average molecular weight is 212 g/mol. The highest BCUT2D eigenvalue weighted by Gasteiger charge is 2.33. The van der Waals surface area contributed by atoms with Crippen molar-refractivity contribution >= 4 is 5.97 Å². The molecule has 0 bridgehead atoms. The number of carboxylic acids is 1. The number of nitrogens with zero attached hydrogens (tertiary/aromatic N) is 3. The van der Waals surface area contributed by atoms with Gasteiger partial charge in [0.2, 0.25) is 0 Å². The maximum atomic E-state index is 11.0. The molecule has 1 aromatic heterocycles. The number of rotatable bonds is 5. The second kappa shape index (κ2) is 4.39. The Labute approximate surface area is 88.3 Å². The monoisotopic (exact) mass is 212 g/mol. The molecular formula is C9H16N4O2. The van der Waals surface area contributed by atoms with Crippen molar-refractivity contribution in [1.29, 1.82) is 0 Å². The van der Waals surface area contributed by atoms with Crippen molar-refractivity contribution in [3.05, 3.63) is 12.7 Å². The van der Waals surface area contributed by atoms with Gasteiger partial charge in [-0.1, -0.05) is 0 Å². The van der Waals surface area contributed by atoms with Crippen molar-refractivity contribution in [2.24, 2.45) is 0 Å². The van der Waals surface area contributed by atoms with Gasteiger partial charge in [-0.3, -0.25) is 9.48 Å². The summed E-state index contributed by atoms with van der Waals surface area (Å²) in [6.45, 7) is 3.57. The van der Waals surface area contributed by atoms with Gasteiger partial charge < -0.3 is 10.4 Å². The number of carbonyl (C=O) groups is 1. The summed E-state index contributed by atoms with van der Waals surface area (Å²) in [4.78, 5) is 14.9. The summed E-state index contributed by atoms with van der Waals surface area (Å²) in [6.07, 6.45) is 3.47. The lowest BCUT2D eigenvalue weighted by Crippen LogP contribution is -2.48. The van der Waals surface area contributed by atoms with Gasteiger partial charge in [-0.25, -0.2) is 4.98 Å². The van der Waals surface area contributed by atoms with Crippen LogP contribution in [0.2, 0.25) is 0 Å². The maximum Gasteiger partial charge on any atom is 0.323 e. The molecule has 0 radical (unpaired) electrons. The fourth-order valence-electron chi connectivity index (χ4n) is 1.43. The van der Waals surface area contributed by atoms with Crippen molar-refractivity contribution in [1.82, 2.24) is 20.1 Å². The van der Waals surface area contributed by atoms with Gasteiger partial charge in [-0.05, 0) is 27.3 Å². The van der Waals surface area contributed by atoms with Crippen molar-refractivity contribution in [3.63, 3.8) is 0 Å². The summed E-state index contributed by atoms with van der Waals surface area (Å²) in [5, 5.41) is 15.9. The molecule has 0 saturated heterocycles. The number of likely N-dealkylation sites (N-methyl/N-ethyl adjacent to an activating group) is 1. The number of aromatic nitrogens is 3. The molecule has 0 fully saturated rings. The van der Waals surface area contributed by atoms with E-state index in [0.29, 0.717) is 6.42 Å². The zero-order valence-electron chi connectivity index (χ0n) is 9.14. The first-order chi connectivity index (χ1) is 6.99. The van der Waals surface area contributed by atoms with Gasteiger partial charge in [0, 0.05) is 0 Å². The Bertz CT molecular complexity index is 325. The quantitative estimate of drug-likeness (QED) is 0.733. The summed E-state index contributed by atoms with van der Waals surface area (Å²) in [5.74, 6) is -0.864. The molecule has 1 heterocycles. The molecule has 2 atom stereocenters. The van der Waals surface area contributed by atoms with E-state index in [-0.39, 0.29) is 6.04 Å². The van der Waals surface area contributed by atoms with E-state index in [9.17, 15) is 4.79 Å². The Morgan fingerprint density at radius 1 is 1.73 bits per heavy atom. The van der Waals surface area contributed by atoms with Crippen LogP contribution in [-0.2, 0) is 4.79 Å². The number of aliphatic carboxylic acids is 1. The standard InChI is InChI=1S/C9H16N4O2/c1-7(13-6-11-5-12-13)4-9(2,10-3)8(14)15/h5-7,10H,4H2,1-3H3,(H,14,15). The van der Waals surface area contributed by atoms with Crippen LogP contribution in [-0.4, -0.2) is 38.4 Å². The first-order valence-corrected chi connectivity index (χ1v) is 4.76. The highest BCUT2D eigenvalue weighted by molar-refractivity contribution is 5.78. The number of hydrogen-bond donors (Lipinski definition) is 2. The molecule has 6 nitrogen and oxygen atoms in total. The highest BCUT2D eigenvalue weighted by atomic mass is 16.4. The van der Waals surface area contributed by atoms with Crippen LogP contribution in [0.15, 0.2) is 12.7 Å². The lowest BCUT2D eigenvalue weighted by atomic mass is 9.94. The minimum absolute atomic E-state index is 0.0129. The van der Waals surface area contributed by atoms with Gasteiger partial charge in [-0.2, -0.15) is 5.10 Å². The molecular weight excluding hydrogens is 196 g/mol. The van der Waals surface area contributed by atoms with Crippen molar-refractivity contribution < 1.29 is 9.90 Å². The molecule has 0 spiro atoms. The SMILES string of the molecule is CNC(C)(CC(C)n1cncn1)C(=O)O. The van der Waals surface area contributed by atoms with E-state index in [4.69, 9.17) is 5.11 Å². The van der Waals surface area contributed by atoms with Crippen LogP contribution in [0.25, 0.3) is 0 Å². The predicted octanol–water partition coefficient (Wildman–Crippen LogP) is 0.292. The molecule has 2 N–H and O–H groups in total. The number of nitrogens with one attached hydrogen (secondary N) is 1. The second-order valence-corrected chi connectivity index (χ2v) is 3.82. The molecule has 84 valence electrons. The van der Waals surface area contributed by atoms with Crippen LogP contribution in [0.1, 0.15) is 26.3 Å². The molecule has 0 amide bonds. The topological polar surface area (TPSA) is 80.0 Å². The van der Waals surface area contributed by atoms with Crippen LogP contribution in [0.5, 0.6) is 0 Å². The highest BCUT2D eigenvalue weighted by Crippen LogP contribution is 2.19. The van der Waals surface area contributed by atoms with E-state index in [2.05, 4.69) is 15.4 Å². The second-order valence-electron chi connectivity index (χ2n) is 3.82. The van der Waals surface area contributed by atoms with Crippen LogP contribution in [0.3, 0.4) is 0 Å². The Morgan fingerprint density at radius 3 is 2.80 bits per heavy atom. The molecule has 1 aromatic rings. The van der Waals surface area contributed by atoms with Crippen molar-refractivity contribution in [2.75, 3.05) is 7.05 Å². The molecule has 0 aliphatic carbocycles. The van der Waals surface area contributed by atoms with Crippen LogP contribution in [0, 0.1) is 0 Å². The molecule has 0 aliphatic heterocycles. The Balaban J connectivity index is 2.72. The van der Waals surface area contributed by atoms with Crippen LogP contribution in [0.4, 0.5) is 0 Å². The summed E-state index contributed by atoms with van der Waals surface area (Å²) >= 11 is 0. The normalized spacial score (nSPS) is 17.0. The maximum absolute atomic E-state index is 11.0. The largest absolute Gasteiger partial charge is 0.480 e. The average Bonchev–Trinajstić information content (AvgIpc) is 2.70. The van der Waals surface area contributed by atoms with Gasteiger partial charge in [0.05, 0.1) is 6.04 Å². The lowest BCUT2D eigenvalue weighted by molar-refractivity contribution is -0.144. The van der Waals surface area contributed by atoms with Crippen LogP contribution < -0.4 is 5.32 Å². The third-order valence-corrected chi connectivity index (χ3v) is 2.62. The third-order valence-electron chi connectivity index (χ3n) is 2.62. The summed E-state index contributed by atoms with van der Waals surface area (Å²) < 4.78 is 1.65. The van der Waals surface area contributed by atoms with Gasteiger partial charge in [0.25, 0.3) is 0 Å². The van der Waals surface area contributed by atoms with Gasteiger partial charge in [0.1, 0.15) is 18.2 Å². The minimum Gasteiger partial charge on any atom is -0.480 e. The molecule has 0 aromatic carbocycles. The lowest BCUT2D eigenvalue weighted by Gasteiger charge is -2.27. The molecule has 0 aliphatic rings. The van der Waals surface area contributed by atoms with E-state index in [1.54, 1.807) is 25.0 Å². The summed E-state index contributed by atoms with van der Waals surface area (Å²) in [6, 6.07) is -0.0129. The fraction of sp³-hybridized carbons (Fsp3) is 0.667. The molecule has 1 rings (SSSR count). The molecule has 6 heteroatoms. The van der Waals surface area contributed by atoms with E-state index in [1.807, 2.05) is 6.92 Å². The van der Waals surface area contributed by atoms with E-state index < -0.39 is 11.5 Å². The zero-order valence-corrected chi connectivity index (χ0v) is 9.14. The number of hydrogen-bond acceptors (Lipinski definition) is 4.